The highest BCUT2D eigenvalue weighted by molar-refractivity contribution is 5.93. The van der Waals surface area contributed by atoms with Gasteiger partial charge in [0.2, 0.25) is 6.79 Å². The fraction of sp³-hybridized carbons (Fsp3) is 0.200. The fourth-order valence-corrected chi connectivity index (χ4v) is 3.66. The van der Waals surface area contributed by atoms with E-state index in [1.54, 1.807) is 18.2 Å². The van der Waals surface area contributed by atoms with E-state index in [9.17, 15) is 9.59 Å². The number of hydrogen-bond acceptors (Lipinski definition) is 7. The van der Waals surface area contributed by atoms with Crippen LogP contribution in [0.5, 0.6) is 17.2 Å². The molecule has 35 heavy (non-hydrogen) atoms. The van der Waals surface area contributed by atoms with Crippen molar-refractivity contribution in [1.29, 1.82) is 0 Å². The number of ether oxygens (including phenoxy) is 3. The number of aromatic amines is 1. The van der Waals surface area contributed by atoms with Gasteiger partial charge < -0.3 is 19.5 Å². The van der Waals surface area contributed by atoms with Gasteiger partial charge in [-0.05, 0) is 61.5 Å². The summed E-state index contributed by atoms with van der Waals surface area (Å²) in [6.45, 7) is 3.14. The van der Waals surface area contributed by atoms with Gasteiger partial charge in [0.1, 0.15) is 11.4 Å². The summed E-state index contributed by atoms with van der Waals surface area (Å²) in [5, 5.41) is 14.2. The van der Waals surface area contributed by atoms with Gasteiger partial charge in [0.05, 0.1) is 24.5 Å². The molecule has 2 aromatic carbocycles. The minimum atomic E-state index is -0.333. The van der Waals surface area contributed by atoms with Crippen molar-refractivity contribution < 1.29 is 19.0 Å². The van der Waals surface area contributed by atoms with Gasteiger partial charge in [-0.3, -0.25) is 14.7 Å². The van der Waals surface area contributed by atoms with Crippen molar-refractivity contribution in [2.75, 3.05) is 19.9 Å². The number of nitrogens with zero attached hydrogens (tertiary/aromatic N) is 3. The third-order valence-electron chi connectivity index (χ3n) is 5.43. The zero-order valence-corrected chi connectivity index (χ0v) is 19.0. The minimum Gasteiger partial charge on any atom is -0.494 e. The molecule has 1 aliphatic rings. The molecule has 0 unspecified atom stereocenters. The van der Waals surface area contributed by atoms with E-state index in [1.165, 1.54) is 10.7 Å². The number of carbonyl (C=O) groups excluding carboxylic acids is 1. The van der Waals surface area contributed by atoms with E-state index in [1.807, 2.05) is 43.3 Å². The molecule has 0 spiro atoms. The van der Waals surface area contributed by atoms with E-state index in [2.05, 4.69) is 20.6 Å². The summed E-state index contributed by atoms with van der Waals surface area (Å²) in [6, 6.07) is 17.8. The van der Waals surface area contributed by atoms with Crippen LogP contribution < -0.4 is 25.1 Å². The van der Waals surface area contributed by atoms with Crippen LogP contribution in [-0.2, 0) is 6.54 Å². The lowest BCUT2D eigenvalue weighted by Gasteiger charge is -2.09. The van der Waals surface area contributed by atoms with Gasteiger partial charge >= 0.3 is 0 Å². The zero-order chi connectivity index (χ0) is 24.2. The molecule has 1 amide bonds. The number of H-pyrrole nitrogens is 1. The molecule has 2 N–H and O–H groups in total. The Bertz CT molecular complexity index is 1410. The number of benzene rings is 2. The predicted octanol–water partition coefficient (Wildman–Crippen LogP) is 2.86. The van der Waals surface area contributed by atoms with Crippen LogP contribution in [-0.4, -0.2) is 45.8 Å². The molecule has 178 valence electrons. The second kappa shape index (κ2) is 9.72. The van der Waals surface area contributed by atoms with E-state index in [0.29, 0.717) is 35.2 Å². The normalized spacial score (nSPS) is 11.9. The molecule has 3 heterocycles. The van der Waals surface area contributed by atoms with Crippen molar-refractivity contribution in [3.05, 3.63) is 76.7 Å². The van der Waals surface area contributed by atoms with Gasteiger partial charge in [0.15, 0.2) is 11.5 Å². The van der Waals surface area contributed by atoms with Crippen LogP contribution in [0, 0.1) is 0 Å². The van der Waals surface area contributed by atoms with Crippen molar-refractivity contribution in [2.45, 2.75) is 13.5 Å². The molecular weight excluding hydrogens is 450 g/mol. The van der Waals surface area contributed by atoms with Crippen molar-refractivity contribution in [3.63, 3.8) is 0 Å². The monoisotopic (exact) mass is 473 g/mol. The number of fused-ring (bicyclic) bond motifs is 1. The topological polar surface area (TPSA) is 120 Å². The number of rotatable bonds is 8. The molecule has 0 aliphatic carbocycles. The first-order valence-electron chi connectivity index (χ1n) is 11.2. The molecule has 0 radical (unpaired) electrons. The Morgan fingerprint density at radius 3 is 2.66 bits per heavy atom. The first-order chi connectivity index (χ1) is 17.1. The van der Waals surface area contributed by atoms with Crippen molar-refractivity contribution >= 4 is 5.91 Å². The van der Waals surface area contributed by atoms with Crippen LogP contribution in [0.4, 0.5) is 0 Å². The summed E-state index contributed by atoms with van der Waals surface area (Å²) in [4.78, 5) is 24.8. The van der Waals surface area contributed by atoms with E-state index in [4.69, 9.17) is 14.2 Å². The molecule has 0 saturated carbocycles. The van der Waals surface area contributed by atoms with Gasteiger partial charge in [-0.15, -0.1) is 0 Å². The molecule has 10 nitrogen and oxygen atoms in total. The summed E-state index contributed by atoms with van der Waals surface area (Å²) in [7, 11) is 0. The van der Waals surface area contributed by atoms with E-state index in [-0.39, 0.29) is 31.3 Å². The Morgan fingerprint density at radius 1 is 1.03 bits per heavy atom. The van der Waals surface area contributed by atoms with Crippen molar-refractivity contribution in [2.24, 2.45) is 0 Å². The minimum absolute atomic E-state index is 0.189. The lowest BCUT2D eigenvalue weighted by molar-refractivity contribution is 0.0946. The molecule has 2 aromatic heterocycles. The van der Waals surface area contributed by atoms with Crippen LogP contribution >= 0.6 is 0 Å². The zero-order valence-electron chi connectivity index (χ0n) is 19.0. The fourth-order valence-electron chi connectivity index (χ4n) is 3.66. The Hall–Kier alpha value is -4.60. The van der Waals surface area contributed by atoms with Crippen molar-refractivity contribution in [3.8, 4) is 39.8 Å². The second-order valence-corrected chi connectivity index (χ2v) is 7.73. The highest BCUT2D eigenvalue weighted by Crippen LogP contribution is 2.35. The van der Waals surface area contributed by atoms with Crippen LogP contribution in [0.15, 0.2) is 65.5 Å². The number of aromatic nitrogens is 4. The maximum absolute atomic E-state index is 12.6. The standard InChI is InChI=1S/C25H23N5O5/c1-2-33-18-6-3-16(4-7-18)19-8-10-24(31)30(29-19)12-11-26-25(32)21-14-20(27-28-21)17-5-9-22-23(13-17)35-15-34-22/h3-10,13-14H,2,11-12,15H2,1H3,(H,26,32)(H,27,28). The molecule has 5 rings (SSSR count). The number of carbonyl (C=O) groups is 1. The Labute approximate surface area is 200 Å². The summed E-state index contributed by atoms with van der Waals surface area (Å²) in [5.74, 6) is 1.76. The smallest absolute Gasteiger partial charge is 0.269 e. The van der Waals surface area contributed by atoms with Gasteiger partial charge in [-0.2, -0.15) is 10.2 Å². The molecule has 0 fully saturated rings. The molecule has 1 aliphatic heterocycles. The SMILES string of the molecule is CCOc1ccc(-c2ccc(=O)n(CCNC(=O)c3cc(-c4ccc5c(c4)OCO5)n[nH]3)n2)cc1. The van der Waals surface area contributed by atoms with Gasteiger partial charge in [0.25, 0.3) is 11.5 Å². The Balaban J connectivity index is 1.21. The highest BCUT2D eigenvalue weighted by Gasteiger charge is 2.16. The summed E-state index contributed by atoms with van der Waals surface area (Å²) < 4.78 is 17.5. The molecular formula is C25H23N5O5. The maximum Gasteiger partial charge on any atom is 0.269 e. The van der Waals surface area contributed by atoms with Gasteiger partial charge in [-0.25, -0.2) is 4.68 Å². The molecule has 0 atom stereocenters. The van der Waals surface area contributed by atoms with Gasteiger partial charge in [-0.1, -0.05) is 0 Å². The highest BCUT2D eigenvalue weighted by atomic mass is 16.7. The Morgan fingerprint density at radius 2 is 1.83 bits per heavy atom. The van der Waals surface area contributed by atoms with Crippen LogP contribution in [0.2, 0.25) is 0 Å². The maximum atomic E-state index is 12.6. The first kappa shape index (κ1) is 22.2. The number of nitrogens with one attached hydrogen (secondary N) is 2. The van der Waals surface area contributed by atoms with E-state index in [0.717, 1.165) is 16.9 Å². The van der Waals surface area contributed by atoms with Crippen LogP contribution in [0.1, 0.15) is 17.4 Å². The van der Waals surface area contributed by atoms with Crippen LogP contribution in [0.25, 0.3) is 22.5 Å². The Kier molecular flexibility index (Phi) is 6.16. The average molecular weight is 473 g/mol. The lowest BCUT2D eigenvalue weighted by atomic mass is 10.1. The van der Waals surface area contributed by atoms with E-state index >= 15 is 0 Å². The summed E-state index contributed by atoms with van der Waals surface area (Å²) in [5.41, 5.74) is 2.98. The molecule has 10 heteroatoms. The second-order valence-electron chi connectivity index (χ2n) is 7.73. The predicted molar refractivity (Wildman–Crippen MR) is 128 cm³/mol. The van der Waals surface area contributed by atoms with Crippen LogP contribution in [0.3, 0.4) is 0 Å². The molecule has 0 bridgehead atoms. The first-order valence-corrected chi connectivity index (χ1v) is 11.2. The summed E-state index contributed by atoms with van der Waals surface area (Å²) in [6.07, 6.45) is 0. The largest absolute Gasteiger partial charge is 0.494 e. The molecule has 0 saturated heterocycles. The average Bonchev–Trinajstić information content (AvgIpc) is 3.55. The third-order valence-corrected chi connectivity index (χ3v) is 5.43. The summed E-state index contributed by atoms with van der Waals surface area (Å²) >= 11 is 0. The van der Waals surface area contributed by atoms with Crippen molar-refractivity contribution in [1.82, 2.24) is 25.3 Å². The number of amides is 1. The number of hydrogen-bond donors (Lipinski definition) is 2. The van der Waals surface area contributed by atoms with E-state index < -0.39 is 0 Å². The quantitative estimate of drug-likeness (QED) is 0.404. The lowest BCUT2D eigenvalue weighted by Crippen LogP contribution is -2.32. The molecule has 4 aromatic rings. The van der Waals surface area contributed by atoms with Gasteiger partial charge in [0, 0.05) is 23.7 Å². The third kappa shape index (κ3) is 4.86.